The van der Waals surface area contributed by atoms with Gasteiger partial charge in [-0.15, -0.1) is 0 Å². The molecule has 1 saturated heterocycles. The third-order valence-electron chi connectivity index (χ3n) is 6.19. The van der Waals surface area contributed by atoms with Crippen molar-refractivity contribution in [3.8, 4) is 0 Å². The van der Waals surface area contributed by atoms with Crippen LogP contribution < -0.4 is 10.2 Å². The number of hydrogen-bond acceptors (Lipinski definition) is 4. The van der Waals surface area contributed by atoms with Crippen molar-refractivity contribution >= 4 is 28.4 Å². The van der Waals surface area contributed by atoms with Crippen LogP contribution in [0.3, 0.4) is 0 Å². The van der Waals surface area contributed by atoms with Crippen LogP contribution in [0.2, 0.25) is 0 Å². The van der Waals surface area contributed by atoms with E-state index in [1.54, 1.807) is 36.1 Å². The quantitative estimate of drug-likeness (QED) is 0.485. The fourth-order valence-electron chi connectivity index (χ4n) is 4.38. The van der Waals surface area contributed by atoms with Crippen molar-refractivity contribution in [1.82, 2.24) is 4.98 Å². The van der Waals surface area contributed by atoms with Crippen LogP contribution in [0.25, 0.3) is 10.9 Å². The Hall–Kier alpha value is -3.29. The molecular formula is C25H26F3N3O2. The number of rotatable bonds is 5. The highest BCUT2D eigenvalue weighted by Gasteiger charge is 2.35. The molecule has 2 heterocycles. The molecule has 1 fully saturated rings. The molecule has 2 aromatic carbocycles. The van der Waals surface area contributed by atoms with Gasteiger partial charge >= 0.3 is 5.97 Å². The summed E-state index contributed by atoms with van der Waals surface area (Å²) in [5.41, 5.74) is 2.88. The predicted octanol–water partition coefficient (Wildman–Crippen LogP) is 6.10. The van der Waals surface area contributed by atoms with Gasteiger partial charge in [0.15, 0.2) is 0 Å². The Morgan fingerprint density at radius 2 is 1.85 bits per heavy atom. The Balaban J connectivity index is 1.79. The van der Waals surface area contributed by atoms with Crippen molar-refractivity contribution < 1.29 is 23.1 Å². The smallest absolute Gasteiger partial charge is 0.337 e. The molecule has 0 spiro atoms. The number of piperidine rings is 1. The van der Waals surface area contributed by atoms with E-state index in [1.807, 2.05) is 19.9 Å². The number of fused-ring (bicyclic) bond motifs is 1. The summed E-state index contributed by atoms with van der Waals surface area (Å²) >= 11 is 0. The molecular weight excluding hydrogens is 431 g/mol. The molecule has 4 rings (SSSR count). The maximum atomic E-state index is 15.5. The van der Waals surface area contributed by atoms with Gasteiger partial charge in [0.05, 0.1) is 17.1 Å². The first-order chi connectivity index (χ1) is 15.6. The molecule has 0 bridgehead atoms. The summed E-state index contributed by atoms with van der Waals surface area (Å²) in [6, 6.07) is 9.80. The zero-order valence-electron chi connectivity index (χ0n) is 18.8. The number of anilines is 2. The third kappa shape index (κ3) is 4.47. The van der Waals surface area contributed by atoms with Gasteiger partial charge in [-0.3, -0.25) is 0 Å². The molecule has 0 amide bonds. The molecule has 8 heteroatoms. The Morgan fingerprint density at radius 1 is 1.18 bits per heavy atom. The summed E-state index contributed by atoms with van der Waals surface area (Å²) in [6.45, 7) is 5.54. The van der Waals surface area contributed by atoms with Gasteiger partial charge in [-0.05, 0) is 44.5 Å². The lowest BCUT2D eigenvalue weighted by atomic mass is 9.98. The number of carboxylic acids is 1. The summed E-state index contributed by atoms with van der Waals surface area (Å²) in [6.07, 6.45) is -0.586. The average Bonchev–Trinajstić information content (AvgIpc) is 2.76. The van der Waals surface area contributed by atoms with Crippen molar-refractivity contribution in [2.24, 2.45) is 0 Å². The Morgan fingerprint density at radius 3 is 2.52 bits per heavy atom. The van der Waals surface area contributed by atoms with Crippen LogP contribution in [0.1, 0.15) is 52.9 Å². The fourth-order valence-corrected chi connectivity index (χ4v) is 4.38. The van der Waals surface area contributed by atoms with E-state index in [2.05, 4.69) is 5.32 Å². The van der Waals surface area contributed by atoms with E-state index >= 15 is 4.39 Å². The van der Waals surface area contributed by atoms with Crippen LogP contribution >= 0.6 is 0 Å². The molecule has 1 aromatic heterocycles. The predicted molar refractivity (Wildman–Crippen MR) is 123 cm³/mol. The van der Waals surface area contributed by atoms with Crippen LogP contribution in [-0.2, 0) is 0 Å². The molecule has 1 aliphatic heterocycles. The normalized spacial score (nSPS) is 16.6. The van der Waals surface area contributed by atoms with Crippen LogP contribution in [0.15, 0.2) is 36.4 Å². The van der Waals surface area contributed by atoms with Gasteiger partial charge in [0.2, 0.25) is 0 Å². The molecule has 2 N–H and O–H groups in total. The van der Waals surface area contributed by atoms with Crippen LogP contribution in [0, 0.1) is 19.7 Å². The van der Waals surface area contributed by atoms with Gasteiger partial charge in [0, 0.05) is 48.1 Å². The first-order valence-electron chi connectivity index (χ1n) is 10.9. The number of carbonyl (C=O) groups is 1. The summed E-state index contributed by atoms with van der Waals surface area (Å²) in [5, 5.41) is 13.1. The molecule has 3 aromatic rings. The Bertz CT molecular complexity index is 1220. The van der Waals surface area contributed by atoms with Crippen molar-refractivity contribution in [3.63, 3.8) is 0 Å². The topological polar surface area (TPSA) is 65.5 Å². The van der Waals surface area contributed by atoms with E-state index in [-0.39, 0.29) is 37.5 Å². The van der Waals surface area contributed by atoms with Gasteiger partial charge in [-0.2, -0.15) is 0 Å². The summed E-state index contributed by atoms with van der Waals surface area (Å²) in [7, 11) is 0. The van der Waals surface area contributed by atoms with E-state index in [1.165, 1.54) is 6.07 Å². The number of pyridine rings is 1. The molecule has 1 aliphatic rings. The molecule has 33 heavy (non-hydrogen) atoms. The number of hydrogen-bond donors (Lipinski definition) is 2. The number of para-hydroxylation sites is 1. The van der Waals surface area contributed by atoms with E-state index in [0.717, 1.165) is 5.56 Å². The Labute approximate surface area is 190 Å². The number of aromatic carboxylic acids is 1. The standard InChI is InChI=1S/C25H26F3N3O2/c1-14-12-18(16(3)29-20-7-5-4-6-17(20)24(32)33)22-19(13-14)21(26)15(2)23(30-22)31-10-8-25(27,28)9-11-31/h4-7,12-13,16,29H,8-11H2,1-3H3,(H,32,33)/t16-/m1/s1. The van der Waals surface area contributed by atoms with Gasteiger partial charge in [0.1, 0.15) is 11.6 Å². The number of aromatic nitrogens is 1. The van der Waals surface area contributed by atoms with Crippen molar-refractivity contribution in [2.75, 3.05) is 23.3 Å². The molecule has 0 radical (unpaired) electrons. The van der Waals surface area contributed by atoms with Gasteiger partial charge < -0.3 is 15.3 Å². The zero-order valence-corrected chi connectivity index (χ0v) is 18.8. The maximum Gasteiger partial charge on any atom is 0.337 e. The minimum Gasteiger partial charge on any atom is -0.478 e. The SMILES string of the molecule is Cc1cc([C@@H](C)Nc2ccccc2C(=O)O)c2nc(N3CCC(F)(F)CC3)c(C)c(F)c2c1. The number of halogens is 3. The maximum absolute atomic E-state index is 15.5. The van der Waals surface area contributed by atoms with E-state index in [9.17, 15) is 18.7 Å². The van der Waals surface area contributed by atoms with Gasteiger partial charge in [-0.1, -0.05) is 18.2 Å². The van der Waals surface area contributed by atoms with Crippen LogP contribution in [0.5, 0.6) is 0 Å². The molecule has 0 unspecified atom stereocenters. The molecule has 0 aliphatic carbocycles. The second-order valence-corrected chi connectivity index (χ2v) is 8.68. The fraction of sp³-hybridized carbons (Fsp3) is 0.360. The lowest BCUT2D eigenvalue weighted by Crippen LogP contribution is -2.40. The molecule has 1 atom stereocenters. The first kappa shape index (κ1) is 22.9. The second kappa shape index (κ2) is 8.57. The Kier molecular flexibility index (Phi) is 5.95. The molecule has 0 saturated carbocycles. The van der Waals surface area contributed by atoms with Crippen LogP contribution in [-0.4, -0.2) is 35.1 Å². The number of benzene rings is 2. The summed E-state index contributed by atoms with van der Waals surface area (Å²) in [4.78, 5) is 18.1. The first-order valence-corrected chi connectivity index (χ1v) is 10.9. The highest BCUT2D eigenvalue weighted by Crippen LogP contribution is 2.36. The average molecular weight is 457 g/mol. The van der Waals surface area contributed by atoms with E-state index < -0.39 is 17.7 Å². The van der Waals surface area contributed by atoms with E-state index in [4.69, 9.17) is 4.98 Å². The zero-order chi connectivity index (χ0) is 23.9. The van der Waals surface area contributed by atoms with Crippen molar-refractivity contribution in [2.45, 2.75) is 45.6 Å². The summed E-state index contributed by atoms with van der Waals surface area (Å²) < 4.78 is 42.8. The molecule has 5 nitrogen and oxygen atoms in total. The van der Waals surface area contributed by atoms with Gasteiger partial charge in [0.25, 0.3) is 5.92 Å². The van der Waals surface area contributed by atoms with Crippen LogP contribution in [0.4, 0.5) is 24.7 Å². The van der Waals surface area contributed by atoms with E-state index in [0.29, 0.717) is 33.5 Å². The minimum atomic E-state index is -2.71. The lowest BCUT2D eigenvalue weighted by molar-refractivity contribution is -0.0221. The van der Waals surface area contributed by atoms with Crippen molar-refractivity contribution in [1.29, 1.82) is 0 Å². The highest BCUT2D eigenvalue weighted by molar-refractivity contribution is 5.94. The largest absolute Gasteiger partial charge is 0.478 e. The number of carboxylic acid groups (broad SMARTS) is 1. The number of alkyl halides is 2. The highest BCUT2D eigenvalue weighted by atomic mass is 19.3. The van der Waals surface area contributed by atoms with Crippen molar-refractivity contribution in [3.05, 3.63) is 64.5 Å². The third-order valence-corrected chi connectivity index (χ3v) is 6.19. The molecule has 174 valence electrons. The summed E-state index contributed by atoms with van der Waals surface area (Å²) in [5.74, 6) is -3.81. The monoisotopic (exact) mass is 457 g/mol. The lowest BCUT2D eigenvalue weighted by Gasteiger charge is -2.33. The number of aryl methyl sites for hydroxylation is 1. The number of nitrogens with zero attached hydrogens (tertiary/aromatic N) is 2. The minimum absolute atomic E-state index is 0.104. The second-order valence-electron chi connectivity index (χ2n) is 8.68. The van der Waals surface area contributed by atoms with Gasteiger partial charge in [-0.25, -0.2) is 22.9 Å². The number of nitrogens with one attached hydrogen (secondary N) is 1.